The van der Waals surface area contributed by atoms with Crippen molar-refractivity contribution in [3.8, 4) is 0 Å². The fourth-order valence-electron chi connectivity index (χ4n) is 2.22. The minimum absolute atomic E-state index is 0.0401. The summed E-state index contributed by atoms with van der Waals surface area (Å²) in [7, 11) is 3.44. The number of likely N-dealkylation sites (N-methyl/N-ethyl adjacent to an activating group) is 1. The lowest BCUT2D eigenvalue weighted by Gasteiger charge is -2.12. The van der Waals surface area contributed by atoms with Gasteiger partial charge in [0.15, 0.2) is 11.7 Å². The molecule has 0 fully saturated rings. The van der Waals surface area contributed by atoms with Crippen molar-refractivity contribution in [2.45, 2.75) is 39.2 Å². The van der Waals surface area contributed by atoms with E-state index in [0.29, 0.717) is 18.4 Å². The van der Waals surface area contributed by atoms with E-state index in [9.17, 15) is 4.79 Å². The molecule has 0 atom stereocenters. The molecule has 142 valence electrons. The third-order valence-electron chi connectivity index (χ3n) is 3.88. The molecule has 25 heavy (non-hydrogen) atoms. The van der Waals surface area contributed by atoms with Gasteiger partial charge in [-0.2, -0.15) is 11.8 Å². The van der Waals surface area contributed by atoms with Crippen LogP contribution >= 0.6 is 11.8 Å². The molecule has 0 bridgehead atoms. The fraction of sp³-hybridized carbons (Fsp3) is 0.706. The molecule has 1 amide bonds. The molecule has 0 spiro atoms. The number of amides is 1. The average molecular weight is 370 g/mol. The van der Waals surface area contributed by atoms with Crippen LogP contribution in [-0.2, 0) is 11.3 Å². The monoisotopic (exact) mass is 369 g/mol. The number of aliphatic imine (C=N–C) groups is 1. The Morgan fingerprint density at radius 1 is 1.36 bits per heavy atom. The summed E-state index contributed by atoms with van der Waals surface area (Å²) in [6, 6.07) is 2.00. The average Bonchev–Trinajstić information content (AvgIpc) is 3.06. The molecule has 1 aromatic heterocycles. The van der Waals surface area contributed by atoms with Crippen molar-refractivity contribution in [3.05, 3.63) is 17.5 Å². The minimum atomic E-state index is -0.0401. The van der Waals surface area contributed by atoms with Crippen LogP contribution in [0, 0.1) is 0 Å². The van der Waals surface area contributed by atoms with E-state index in [-0.39, 0.29) is 12.5 Å². The first-order chi connectivity index (χ1) is 12.0. The van der Waals surface area contributed by atoms with Crippen molar-refractivity contribution in [2.75, 3.05) is 39.2 Å². The first kappa shape index (κ1) is 21.3. The number of aromatic nitrogens is 1. The molecule has 0 saturated heterocycles. The van der Waals surface area contributed by atoms with Crippen molar-refractivity contribution in [1.82, 2.24) is 20.7 Å². The number of guanidine groups is 1. The highest BCUT2D eigenvalue weighted by Gasteiger charge is 2.13. The summed E-state index contributed by atoms with van der Waals surface area (Å²) in [4.78, 5) is 17.6. The van der Waals surface area contributed by atoms with Crippen LogP contribution in [0.25, 0.3) is 0 Å². The molecule has 0 saturated carbocycles. The summed E-state index contributed by atoms with van der Waals surface area (Å²) in [5.41, 5.74) is 0.999. The van der Waals surface area contributed by atoms with Crippen molar-refractivity contribution < 1.29 is 9.32 Å². The van der Waals surface area contributed by atoms with Crippen molar-refractivity contribution in [1.29, 1.82) is 0 Å². The van der Waals surface area contributed by atoms with E-state index in [2.05, 4.69) is 40.9 Å². The molecule has 0 radical (unpaired) electrons. The highest BCUT2D eigenvalue weighted by molar-refractivity contribution is 7.98. The van der Waals surface area contributed by atoms with E-state index in [1.165, 1.54) is 4.90 Å². The van der Waals surface area contributed by atoms with Crippen molar-refractivity contribution >= 4 is 23.6 Å². The Balaban J connectivity index is 2.64. The van der Waals surface area contributed by atoms with E-state index >= 15 is 0 Å². The van der Waals surface area contributed by atoms with Gasteiger partial charge in [0.25, 0.3) is 0 Å². The van der Waals surface area contributed by atoms with Crippen LogP contribution in [0.15, 0.2) is 15.6 Å². The van der Waals surface area contributed by atoms with Crippen LogP contribution in [0.1, 0.15) is 44.1 Å². The van der Waals surface area contributed by atoms with E-state index in [1.807, 2.05) is 6.07 Å². The zero-order valence-electron chi connectivity index (χ0n) is 16.0. The maximum Gasteiger partial charge on any atom is 0.243 e. The topological polar surface area (TPSA) is 82.8 Å². The zero-order chi connectivity index (χ0) is 18.7. The molecule has 8 heteroatoms. The molecular weight excluding hydrogens is 338 g/mol. The lowest BCUT2D eigenvalue weighted by Crippen LogP contribution is -2.39. The molecule has 0 aliphatic heterocycles. The quantitative estimate of drug-likeness (QED) is 0.373. The van der Waals surface area contributed by atoms with Crippen molar-refractivity contribution in [2.24, 2.45) is 4.99 Å². The number of nitrogens with one attached hydrogen (secondary N) is 2. The number of carbonyl (C=O) groups excluding carboxylic acids is 1. The van der Waals surface area contributed by atoms with Crippen LogP contribution in [0.4, 0.5) is 0 Å². The number of carbonyl (C=O) groups is 1. The Morgan fingerprint density at radius 3 is 2.68 bits per heavy atom. The molecule has 1 aromatic rings. The molecule has 0 aliphatic rings. The SMILES string of the molecule is CCC(CC)c1cc(CNC(=NCC(=O)N(C)C)NCCSC)on1. The Morgan fingerprint density at radius 2 is 2.08 bits per heavy atom. The third kappa shape index (κ3) is 7.81. The van der Waals surface area contributed by atoms with E-state index in [1.54, 1.807) is 25.9 Å². The Kier molecular flexibility index (Phi) is 10.1. The largest absolute Gasteiger partial charge is 0.359 e. The van der Waals surface area contributed by atoms with Crippen molar-refractivity contribution in [3.63, 3.8) is 0 Å². The zero-order valence-corrected chi connectivity index (χ0v) is 16.8. The summed E-state index contributed by atoms with van der Waals surface area (Å²) in [6.07, 6.45) is 4.15. The maximum atomic E-state index is 11.7. The first-order valence-corrected chi connectivity index (χ1v) is 10.1. The molecule has 2 N–H and O–H groups in total. The van der Waals surface area contributed by atoms with Crippen LogP contribution in [0.2, 0.25) is 0 Å². The van der Waals surface area contributed by atoms with E-state index in [0.717, 1.165) is 36.6 Å². The number of thioether (sulfide) groups is 1. The van der Waals surface area contributed by atoms with E-state index in [4.69, 9.17) is 4.52 Å². The van der Waals surface area contributed by atoms with Gasteiger partial charge in [0.05, 0.1) is 12.2 Å². The minimum Gasteiger partial charge on any atom is -0.359 e. The van der Waals surface area contributed by atoms with Gasteiger partial charge < -0.3 is 20.1 Å². The van der Waals surface area contributed by atoms with Gasteiger partial charge in [0.2, 0.25) is 5.91 Å². The molecule has 7 nitrogen and oxygen atoms in total. The van der Waals surface area contributed by atoms with Gasteiger partial charge in [-0.25, -0.2) is 4.99 Å². The van der Waals surface area contributed by atoms with Gasteiger partial charge in [0, 0.05) is 38.4 Å². The second kappa shape index (κ2) is 11.8. The molecule has 1 heterocycles. The van der Waals surface area contributed by atoms with Gasteiger partial charge >= 0.3 is 0 Å². The number of rotatable bonds is 10. The number of hydrogen-bond donors (Lipinski definition) is 2. The maximum absolute atomic E-state index is 11.7. The van der Waals surface area contributed by atoms with Crippen LogP contribution in [-0.4, -0.2) is 61.1 Å². The third-order valence-corrected chi connectivity index (χ3v) is 4.49. The highest BCUT2D eigenvalue weighted by atomic mass is 32.2. The molecule has 0 unspecified atom stereocenters. The van der Waals surface area contributed by atoms with Crippen LogP contribution in [0.3, 0.4) is 0 Å². The predicted octanol–water partition coefficient (Wildman–Crippen LogP) is 2.06. The summed E-state index contributed by atoms with van der Waals surface area (Å²) >= 11 is 1.75. The number of nitrogens with zero attached hydrogens (tertiary/aromatic N) is 3. The van der Waals surface area contributed by atoms with Crippen LogP contribution in [0.5, 0.6) is 0 Å². The Bertz CT molecular complexity index is 541. The lowest BCUT2D eigenvalue weighted by atomic mass is 9.99. The van der Waals surface area contributed by atoms with E-state index < -0.39 is 0 Å². The molecule has 0 aromatic carbocycles. The molecular formula is C17H31N5O2S. The fourth-order valence-corrected chi connectivity index (χ4v) is 2.52. The van der Waals surface area contributed by atoms with Gasteiger partial charge in [-0.1, -0.05) is 19.0 Å². The smallest absolute Gasteiger partial charge is 0.243 e. The molecule has 0 aliphatic carbocycles. The molecule has 1 rings (SSSR count). The summed E-state index contributed by atoms with van der Waals surface area (Å²) in [6.45, 7) is 5.68. The second-order valence-corrected chi connectivity index (χ2v) is 6.94. The second-order valence-electron chi connectivity index (χ2n) is 5.96. The normalized spacial score (nSPS) is 11.7. The number of hydrogen-bond acceptors (Lipinski definition) is 5. The summed E-state index contributed by atoms with van der Waals surface area (Å²) in [5, 5.41) is 10.6. The van der Waals surface area contributed by atoms with Gasteiger partial charge in [-0.05, 0) is 19.1 Å². The Hall–Kier alpha value is -1.70. The summed E-state index contributed by atoms with van der Waals surface area (Å²) in [5.74, 6) is 2.72. The lowest BCUT2D eigenvalue weighted by molar-refractivity contribution is -0.127. The highest BCUT2D eigenvalue weighted by Crippen LogP contribution is 2.22. The predicted molar refractivity (Wildman–Crippen MR) is 104 cm³/mol. The standard InChI is InChI=1S/C17H31N5O2S/c1-6-13(7-2)15-10-14(24-21-15)11-19-17(18-8-9-25-5)20-12-16(23)22(3)4/h10,13H,6-9,11-12H2,1-5H3,(H2,18,19,20). The van der Waals surface area contributed by atoms with Gasteiger partial charge in [-0.3, -0.25) is 4.79 Å². The van der Waals surface area contributed by atoms with Crippen LogP contribution < -0.4 is 10.6 Å². The first-order valence-electron chi connectivity index (χ1n) is 8.68. The summed E-state index contributed by atoms with van der Waals surface area (Å²) < 4.78 is 5.41. The van der Waals surface area contributed by atoms with Gasteiger partial charge in [0.1, 0.15) is 6.54 Å². The Labute approximate surface area is 155 Å². The van der Waals surface area contributed by atoms with Gasteiger partial charge in [-0.15, -0.1) is 0 Å².